The summed E-state index contributed by atoms with van der Waals surface area (Å²) in [6.45, 7) is 8.17. The van der Waals surface area contributed by atoms with Crippen molar-refractivity contribution in [3.05, 3.63) is 23.3 Å². The van der Waals surface area contributed by atoms with Gasteiger partial charge >= 0.3 is 0 Å². The van der Waals surface area contributed by atoms with Crippen LogP contribution < -0.4 is 0 Å². The Bertz CT molecular complexity index is 717. The van der Waals surface area contributed by atoms with Crippen molar-refractivity contribution in [1.29, 1.82) is 0 Å². The van der Waals surface area contributed by atoms with Gasteiger partial charge in [-0.3, -0.25) is 9.59 Å². The molecule has 2 fully saturated rings. The second-order valence-electron chi connectivity index (χ2n) is 9.49. The molecule has 0 aliphatic heterocycles. The molecule has 3 unspecified atom stereocenters. The van der Waals surface area contributed by atoms with Gasteiger partial charge in [-0.2, -0.15) is 0 Å². The Hall–Kier alpha value is -1.22. The summed E-state index contributed by atoms with van der Waals surface area (Å²) >= 11 is 0. The van der Waals surface area contributed by atoms with E-state index in [0.29, 0.717) is 30.6 Å². The quantitative estimate of drug-likeness (QED) is 0.783. The number of fused-ring (bicyclic) bond motifs is 5. The van der Waals surface area contributed by atoms with Crippen molar-refractivity contribution in [3.63, 3.8) is 0 Å². The van der Waals surface area contributed by atoms with Gasteiger partial charge in [0.2, 0.25) is 0 Å². The molecule has 4 rings (SSSR count). The highest BCUT2D eigenvalue weighted by Gasteiger charge is 2.65. The van der Waals surface area contributed by atoms with Gasteiger partial charge in [-0.15, -0.1) is 0 Å². The summed E-state index contributed by atoms with van der Waals surface area (Å²) in [5.41, 5.74) is 1.06. The maximum atomic E-state index is 12.3. The van der Waals surface area contributed by atoms with Crippen LogP contribution in [-0.2, 0) is 9.59 Å². The predicted molar refractivity (Wildman–Crippen MR) is 96.9 cm³/mol. The minimum Gasteiger partial charge on any atom is -0.382 e. The zero-order chi connectivity index (χ0) is 18.2. The van der Waals surface area contributed by atoms with Gasteiger partial charge in [-0.05, 0) is 80.8 Å². The highest BCUT2D eigenvalue weighted by Crippen LogP contribution is 2.67. The minimum atomic E-state index is -1.16. The van der Waals surface area contributed by atoms with Crippen molar-refractivity contribution >= 4 is 11.6 Å². The van der Waals surface area contributed by atoms with E-state index in [2.05, 4.69) is 26.8 Å². The lowest BCUT2D eigenvalue weighted by Gasteiger charge is -2.57. The Labute approximate surface area is 150 Å². The van der Waals surface area contributed by atoms with Crippen LogP contribution in [0.2, 0.25) is 0 Å². The first-order valence-corrected chi connectivity index (χ1v) is 9.81. The van der Waals surface area contributed by atoms with Crippen LogP contribution in [0.15, 0.2) is 23.3 Å². The molecule has 4 aliphatic carbocycles. The molecular weight excluding hydrogens is 312 g/mol. The largest absolute Gasteiger partial charge is 0.382 e. The Morgan fingerprint density at radius 2 is 1.84 bits per heavy atom. The number of rotatable bonds is 1. The molecule has 2 saturated carbocycles. The third-order valence-electron chi connectivity index (χ3n) is 8.56. The molecule has 0 bridgehead atoms. The van der Waals surface area contributed by atoms with Crippen molar-refractivity contribution in [2.24, 2.45) is 28.6 Å². The Morgan fingerprint density at radius 3 is 2.52 bits per heavy atom. The molecule has 0 aromatic rings. The number of carbonyl (C=O) groups is 2. The first-order valence-electron chi connectivity index (χ1n) is 9.81. The number of Topliss-reactive ketones (excluding diaryl/α,β-unsaturated/α-hetero) is 1. The van der Waals surface area contributed by atoms with Crippen LogP contribution in [0.3, 0.4) is 0 Å². The lowest BCUT2D eigenvalue weighted by molar-refractivity contribution is -0.156. The maximum Gasteiger partial charge on any atom is 0.161 e. The second kappa shape index (κ2) is 5.16. The lowest BCUT2D eigenvalue weighted by atomic mass is 9.47. The summed E-state index contributed by atoms with van der Waals surface area (Å²) in [5, 5.41) is 11.2. The summed E-state index contributed by atoms with van der Waals surface area (Å²) in [7, 11) is 0. The van der Waals surface area contributed by atoms with Crippen molar-refractivity contribution in [1.82, 2.24) is 0 Å². The SMILES string of the molecule is CC(=O)[C@@]1(O)CCC2C3C=C(C)C4=CC(=O)CC[C@]4(C)C3CC[C@@]21C. The molecule has 136 valence electrons. The van der Waals surface area contributed by atoms with E-state index >= 15 is 0 Å². The van der Waals surface area contributed by atoms with Gasteiger partial charge in [-0.25, -0.2) is 0 Å². The normalized spacial score (nSPS) is 48.8. The smallest absolute Gasteiger partial charge is 0.161 e. The van der Waals surface area contributed by atoms with Crippen molar-refractivity contribution in [2.45, 2.75) is 71.8 Å². The molecule has 0 radical (unpaired) electrons. The monoisotopic (exact) mass is 342 g/mol. The van der Waals surface area contributed by atoms with Crippen LogP contribution in [0.4, 0.5) is 0 Å². The number of allylic oxidation sites excluding steroid dienone is 4. The van der Waals surface area contributed by atoms with Gasteiger partial charge in [0.1, 0.15) is 5.60 Å². The molecule has 6 atom stereocenters. The summed E-state index contributed by atoms with van der Waals surface area (Å²) in [4.78, 5) is 24.3. The molecule has 0 saturated heterocycles. The average Bonchev–Trinajstić information content (AvgIpc) is 2.83. The summed E-state index contributed by atoms with van der Waals surface area (Å²) in [6, 6.07) is 0. The fourth-order valence-electron chi connectivity index (χ4n) is 7.01. The number of aliphatic hydroxyl groups is 1. The third kappa shape index (κ3) is 2.02. The zero-order valence-corrected chi connectivity index (χ0v) is 15.9. The Kier molecular flexibility index (Phi) is 3.55. The summed E-state index contributed by atoms with van der Waals surface area (Å²) in [6.07, 6.45) is 9.28. The number of hydrogen-bond acceptors (Lipinski definition) is 3. The van der Waals surface area contributed by atoms with E-state index in [-0.39, 0.29) is 22.4 Å². The van der Waals surface area contributed by atoms with Gasteiger partial charge in [0, 0.05) is 11.8 Å². The molecule has 1 N–H and O–H groups in total. The third-order valence-corrected chi connectivity index (χ3v) is 8.56. The maximum absolute atomic E-state index is 12.3. The lowest BCUT2D eigenvalue weighted by Crippen LogP contribution is -2.56. The van der Waals surface area contributed by atoms with E-state index in [9.17, 15) is 14.7 Å². The van der Waals surface area contributed by atoms with Crippen molar-refractivity contribution in [2.75, 3.05) is 0 Å². The molecule has 3 nitrogen and oxygen atoms in total. The molecule has 25 heavy (non-hydrogen) atoms. The highest BCUT2D eigenvalue weighted by atomic mass is 16.3. The van der Waals surface area contributed by atoms with Crippen LogP contribution in [0.25, 0.3) is 0 Å². The molecule has 0 spiro atoms. The molecule has 0 aromatic heterocycles. The number of hydrogen-bond donors (Lipinski definition) is 1. The average molecular weight is 342 g/mol. The van der Waals surface area contributed by atoms with Crippen LogP contribution in [0.1, 0.15) is 66.2 Å². The van der Waals surface area contributed by atoms with E-state index in [0.717, 1.165) is 25.7 Å². The molecule has 0 heterocycles. The predicted octanol–water partition coefficient (Wildman–Crippen LogP) is 4.00. The fourth-order valence-corrected chi connectivity index (χ4v) is 7.01. The van der Waals surface area contributed by atoms with Gasteiger partial charge in [0.05, 0.1) is 0 Å². The fraction of sp³-hybridized carbons (Fsp3) is 0.727. The van der Waals surface area contributed by atoms with E-state index in [1.807, 2.05) is 6.08 Å². The first-order chi connectivity index (χ1) is 11.6. The Balaban J connectivity index is 1.80. The topological polar surface area (TPSA) is 54.4 Å². The number of ketones is 2. The first kappa shape index (κ1) is 17.2. The van der Waals surface area contributed by atoms with Crippen molar-refractivity contribution < 1.29 is 14.7 Å². The van der Waals surface area contributed by atoms with Crippen LogP contribution >= 0.6 is 0 Å². The van der Waals surface area contributed by atoms with Gasteiger partial charge in [0.15, 0.2) is 11.6 Å². The van der Waals surface area contributed by atoms with E-state index in [4.69, 9.17) is 0 Å². The molecular formula is C22H30O3. The van der Waals surface area contributed by atoms with Gasteiger partial charge in [0.25, 0.3) is 0 Å². The Morgan fingerprint density at radius 1 is 1.16 bits per heavy atom. The van der Waals surface area contributed by atoms with Crippen LogP contribution in [0.5, 0.6) is 0 Å². The summed E-state index contributed by atoms with van der Waals surface area (Å²) in [5.74, 6) is 1.46. The zero-order valence-electron chi connectivity index (χ0n) is 15.9. The summed E-state index contributed by atoms with van der Waals surface area (Å²) < 4.78 is 0. The molecule has 0 amide bonds. The highest BCUT2D eigenvalue weighted by molar-refractivity contribution is 5.92. The molecule has 4 aliphatic rings. The van der Waals surface area contributed by atoms with Gasteiger partial charge < -0.3 is 5.11 Å². The molecule has 3 heteroatoms. The van der Waals surface area contributed by atoms with Crippen molar-refractivity contribution in [3.8, 4) is 0 Å². The standard InChI is InChI=1S/C22H30O3/c1-13-11-16-17(20(3)8-5-15(24)12-19(13)20)6-9-21(4)18(16)7-10-22(21,25)14(2)23/h11-12,16-18,25H,5-10H2,1-4H3/t16?,17?,18?,20-,21+,22+/m1/s1. The van der Waals surface area contributed by atoms with Gasteiger partial charge in [-0.1, -0.05) is 25.5 Å². The number of carbonyl (C=O) groups excluding carboxylic acids is 2. The minimum absolute atomic E-state index is 0.0651. The van der Waals surface area contributed by atoms with E-state index in [1.54, 1.807) is 6.92 Å². The van der Waals surface area contributed by atoms with E-state index in [1.165, 1.54) is 11.1 Å². The molecule has 0 aromatic carbocycles. The second-order valence-corrected chi connectivity index (χ2v) is 9.49. The van der Waals surface area contributed by atoms with Crippen LogP contribution in [0, 0.1) is 28.6 Å². The van der Waals surface area contributed by atoms with E-state index < -0.39 is 5.60 Å². The van der Waals surface area contributed by atoms with Crippen LogP contribution in [-0.4, -0.2) is 22.3 Å².